The van der Waals surface area contributed by atoms with Gasteiger partial charge in [-0.05, 0) is 87.3 Å². The van der Waals surface area contributed by atoms with Crippen LogP contribution in [0.5, 0.6) is 0 Å². The minimum Gasteiger partial charge on any atom is -0.359 e. The summed E-state index contributed by atoms with van der Waals surface area (Å²) >= 11 is 0. The fourth-order valence-electron chi connectivity index (χ4n) is 5.37. The molecule has 1 aliphatic carbocycles. The van der Waals surface area contributed by atoms with Crippen molar-refractivity contribution in [3.8, 4) is 11.8 Å². The Labute approximate surface area is 227 Å². The lowest BCUT2D eigenvalue weighted by molar-refractivity contribution is -0.113. The van der Waals surface area contributed by atoms with Crippen LogP contribution in [0.2, 0.25) is 0 Å². The number of hydrogen-bond acceptors (Lipinski definition) is 4. The monoisotopic (exact) mass is 528 g/mol. The summed E-state index contributed by atoms with van der Waals surface area (Å²) in [4.78, 5) is 31.6. The molecule has 0 bridgehead atoms. The van der Waals surface area contributed by atoms with Gasteiger partial charge in [0.2, 0.25) is 0 Å². The van der Waals surface area contributed by atoms with Gasteiger partial charge in [0.15, 0.2) is 0 Å². The number of fused-ring (bicyclic) bond motifs is 1. The fourth-order valence-corrected chi connectivity index (χ4v) is 5.37. The predicted molar refractivity (Wildman–Crippen MR) is 149 cm³/mol. The molecule has 4 N–H and O–H groups in total. The quantitative estimate of drug-likeness (QED) is 0.347. The summed E-state index contributed by atoms with van der Waals surface area (Å²) in [5, 5.41) is 6.83. The van der Waals surface area contributed by atoms with Crippen molar-refractivity contribution in [3.05, 3.63) is 70.1 Å². The molecule has 9 heteroatoms. The van der Waals surface area contributed by atoms with Crippen LogP contribution >= 0.6 is 0 Å². The normalized spacial score (nSPS) is 19.7. The standard InChI is InChI=1S/C30H33FN6O2/c1-18-13-19(2)34-27(18)15-24-23-14-26(31)25(29(38)33-11-4-5-22-10-12-36(3)35-22)16-28(23)37(30(24)39)17-20-6-8-21(32)9-7-20/h10,12-16,20-21,34H,6-9,11,17,32H2,1-3H3,(H,33,38)/b24-15-. The zero-order chi connectivity index (χ0) is 27.7. The third-order valence-electron chi connectivity index (χ3n) is 7.46. The van der Waals surface area contributed by atoms with Gasteiger partial charge in [0.05, 0.1) is 23.4 Å². The number of nitrogens with two attached hydrogens (primary N) is 1. The maximum absolute atomic E-state index is 15.3. The van der Waals surface area contributed by atoms with Crippen LogP contribution in [-0.2, 0) is 11.8 Å². The second-order valence-electron chi connectivity index (χ2n) is 10.5. The molecule has 8 nitrogen and oxygen atoms in total. The summed E-state index contributed by atoms with van der Waals surface area (Å²) < 4.78 is 17.0. The molecule has 2 aliphatic rings. The minimum absolute atomic E-state index is 0.0352. The van der Waals surface area contributed by atoms with Gasteiger partial charge >= 0.3 is 0 Å². The van der Waals surface area contributed by atoms with Crippen molar-refractivity contribution < 1.29 is 14.0 Å². The lowest BCUT2D eigenvalue weighted by Gasteiger charge is -2.30. The first-order chi connectivity index (χ1) is 18.7. The molecule has 2 amide bonds. The third kappa shape index (κ3) is 5.66. The highest BCUT2D eigenvalue weighted by Crippen LogP contribution is 2.41. The predicted octanol–water partition coefficient (Wildman–Crippen LogP) is 3.69. The number of amides is 2. The highest BCUT2D eigenvalue weighted by molar-refractivity contribution is 6.36. The Hall–Kier alpha value is -4.16. The number of anilines is 1. The Morgan fingerprint density at radius 3 is 2.69 bits per heavy atom. The minimum atomic E-state index is -0.687. The average Bonchev–Trinajstić information content (AvgIpc) is 3.53. The Kier molecular flexibility index (Phi) is 7.40. The highest BCUT2D eigenvalue weighted by Gasteiger charge is 2.36. The van der Waals surface area contributed by atoms with E-state index in [1.807, 2.05) is 19.9 Å². The number of halogens is 1. The summed E-state index contributed by atoms with van der Waals surface area (Å²) in [5.74, 6) is 4.52. The van der Waals surface area contributed by atoms with Gasteiger partial charge in [0.25, 0.3) is 11.8 Å². The molecular weight excluding hydrogens is 495 g/mol. The Morgan fingerprint density at radius 1 is 1.26 bits per heavy atom. The number of aryl methyl sites for hydroxylation is 3. The molecule has 0 spiro atoms. The van der Waals surface area contributed by atoms with Gasteiger partial charge in [0.1, 0.15) is 11.5 Å². The van der Waals surface area contributed by atoms with E-state index >= 15 is 4.39 Å². The zero-order valence-corrected chi connectivity index (χ0v) is 22.5. The summed E-state index contributed by atoms with van der Waals surface area (Å²) in [6.45, 7) is 4.45. The molecule has 39 heavy (non-hydrogen) atoms. The fraction of sp³-hybridized carbons (Fsp3) is 0.367. The van der Waals surface area contributed by atoms with E-state index in [4.69, 9.17) is 5.73 Å². The van der Waals surface area contributed by atoms with Gasteiger partial charge < -0.3 is 20.9 Å². The maximum atomic E-state index is 15.3. The van der Waals surface area contributed by atoms with E-state index in [1.165, 1.54) is 12.1 Å². The Morgan fingerprint density at radius 2 is 2.03 bits per heavy atom. The number of aromatic amines is 1. The van der Waals surface area contributed by atoms with E-state index in [0.29, 0.717) is 35.0 Å². The van der Waals surface area contributed by atoms with Crippen molar-refractivity contribution in [2.75, 3.05) is 18.0 Å². The van der Waals surface area contributed by atoms with Crippen LogP contribution in [0.25, 0.3) is 11.6 Å². The van der Waals surface area contributed by atoms with Crippen molar-refractivity contribution in [2.24, 2.45) is 18.7 Å². The van der Waals surface area contributed by atoms with Crippen molar-refractivity contribution in [1.82, 2.24) is 20.1 Å². The van der Waals surface area contributed by atoms with Crippen LogP contribution in [0.15, 0.2) is 30.5 Å². The SMILES string of the molecule is Cc1cc(C)c(/C=C2\C(=O)N(CC3CCC(N)CC3)c3cc(C(=O)NCC#Cc4ccn(C)n4)c(F)cc32)[nH]1. The number of hydrogen-bond donors (Lipinski definition) is 3. The molecule has 5 rings (SSSR count). The molecule has 3 aromatic rings. The summed E-state index contributed by atoms with van der Waals surface area (Å²) in [5.41, 5.74) is 10.8. The number of carbonyl (C=O) groups excluding carboxylic acids is 2. The molecule has 1 aliphatic heterocycles. The number of nitrogens with zero attached hydrogens (tertiary/aromatic N) is 3. The highest BCUT2D eigenvalue weighted by atomic mass is 19.1. The molecule has 1 aromatic carbocycles. The van der Waals surface area contributed by atoms with Gasteiger partial charge in [-0.1, -0.05) is 5.92 Å². The smallest absolute Gasteiger partial charge is 0.259 e. The number of H-pyrrole nitrogens is 1. The first-order valence-corrected chi connectivity index (χ1v) is 13.3. The van der Waals surface area contributed by atoms with E-state index in [2.05, 4.69) is 27.2 Å². The first-order valence-electron chi connectivity index (χ1n) is 13.3. The van der Waals surface area contributed by atoms with Crippen molar-refractivity contribution >= 4 is 29.2 Å². The molecule has 0 unspecified atom stereocenters. The summed E-state index contributed by atoms with van der Waals surface area (Å²) in [6, 6.07) is 6.76. The van der Waals surface area contributed by atoms with Gasteiger partial charge in [-0.15, -0.1) is 0 Å². The molecule has 2 aromatic heterocycles. The van der Waals surface area contributed by atoms with Crippen LogP contribution in [0.1, 0.15) is 64.2 Å². The number of benzene rings is 1. The number of carbonyl (C=O) groups is 2. The molecule has 202 valence electrons. The van der Waals surface area contributed by atoms with E-state index in [9.17, 15) is 9.59 Å². The van der Waals surface area contributed by atoms with Gasteiger partial charge in [-0.2, -0.15) is 5.10 Å². The van der Waals surface area contributed by atoms with Gasteiger partial charge in [-0.3, -0.25) is 14.3 Å². The van der Waals surface area contributed by atoms with Crippen LogP contribution in [0.3, 0.4) is 0 Å². The summed E-state index contributed by atoms with van der Waals surface area (Å²) in [7, 11) is 1.79. The molecular formula is C30H33FN6O2. The van der Waals surface area contributed by atoms with E-state index in [-0.39, 0.29) is 24.1 Å². The zero-order valence-electron chi connectivity index (χ0n) is 22.5. The van der Waals surface area contributed by atoms with Crippen LogP contribution < -0.4 is 16.0 Å². The van der Waals surface area contributed by atoms with Crippen LogP contribution in [0.4, 0.5) is 10.1 Å². The average molecular weight is 529 g/mol. The van der Waals surface area contributed by atoms with E-state index < -0.39 is 11.7 Å². The number of rotatable bonds is 5. The number of aromatic nitrogens is 3. The molecule has 0 saturated heterocycles. The molecule has 0 radical (unpaired) electrons. The molecule has 1 saturated carbocycles. The first kappa shape index (κ1) is 26.4. The van der Waals surface area contributed by atoms with Crippen molar-refractivity contribution in [3.63, 3.8) is 0 Å². The Balaban J connectivity index is 1.44. The molecule has 3 heterocycles. The van der Waals surface area contributed by atoms with Crippen LogP contribution in [0, 0.1) is 37.4 Å². The van der Waals surface area contributed by atoms with Gasteiger partial charge in [0, 0.05) is 42.8 Å². The van der Waals surface area contributed by atoms with Crippen molar-refractivity contribution in [2.45, 2.75) is 45.6 Å². The Bertz CT molecular complexity index is 1510. The maximum Gasteiger partial charge on any atom is 0.259 e. The van der Waals surface area contributed by atoms with Gasteiger partial charge in [-0.25, -0.2) is 4.39 Å². The molecule has 1 fully saturated rings. The second-order valence-corrected chi connectivity index (χ2v) is 10.5. The second kappa shape index (κ2) is 10.9. The lowest BCUT2D eigenvalue weighted by Crippen LogP contribution is -2.36. The number of nitrogens with one attached hydrogen (secondary N) is 2. The van der Waals surface area contributed by atoms with Crippen LogP contribution in [-0.4, -0.2) is 45.7 Å². The van der Waals surface area contributed by atoms with E-state index in [0.717, 1.165) is 42.6 Å². The topological polar surface area (TPSA) is 109 Å². The van der Waals surface area contributed by atoms with Crippen molar-refractivity contribution in [1.29, 1.82) is 0 Å². The molecule has 0 atom stereocenters. The van der Waals surface area contributed by atoms with E-state index in [1.54, 1.807) is 35.0 Å². The summed E-state index contributed by atoms with van der Waals surface area (Å²) in [6.07, 6.45) is 7.25. The third-order valence-corrected chi connectivity index (χ3v) is 7.46. The largest absolute Gasteiger partial charge is 0.359 e. The lowest BCUT2D eigenvalue weighted by atomic mass is 9.86.